The molecule has 0 heterocycles. The lowest BCUT2D eigenvalue weighted by atomic mass is 9.99. The van der Waals surface area contributed by atoms with Gasteiger partial charge in [-0.2, -0.15) is 0 Å². The van der Waals surface area contributed by atoms with Crippen LogP contribution in [0.2, 0.25) is 0 Å². The molecule has 0 fully saturated rings. The highest BCUT2D eigenvalue weighted by Gasteiger charge is 2.00. The normalized spacial score (nSPS) is 10.9. The predicted molar refractivity (Wildman–Crippen MR) is 78.3 cm³/mol. The summed E-state index contributed by atoms with van der Waals surface area (Å²) in [6.07, 6.45) is 1.15. The van der Waals surface area contributed by atoms with Gasteiger partial charge in [-0.1, -0.05) is 62.4 Å². The number of benzene rings is 2. The Morgan fingerprint density at radius 3 is 1.61 bits per heavy atom. The number of hydrogen-bond donors (Lipinski definition) is 1. The molecule has 2 aromatic rings. The Bertz CT molecular complexity index is 480. The molecule has 0 bridgehead atoms. The van der Waals surface area contributed by atoms with Gasteiger partial charge >= 0.3 is 0 Å². The van der Waals surface area contributed by atoms with Gasteiger partial charge in [0.25, 0.3) is 0 Å². The van der Waals surface area contributed by atoms with E-state index in [0.29, 0.717) is 12.5 Å². The van der Waals surface area contributed by atoms with E-state index in [9.17, 15) is 0 Å². The quantitative estimate of drug-likeness (QED) is 0.857. The Kier molecular flexibility index (Phi) is 4.16. The molecule has 2 aromatic carbocycles. The van der Waals surface area contributed by atoms with Gasteiger partial charge in [-0.3, -0.25) is 0 Å². The summed E-state index contributed by atoms with van der Waals surface area (Å²) in [5, 5.41) is 0. The molecule has 18 heavy (non-hydrogen) atoms. The fourth-order valence-corrected chi connectivity index (χ4v) is 2.14. The molecule has 0 aliphatic rings. The van der Waals surface area contributed by atoms with E-state index in [2.05, 4.69) is 62.4 Å². The minimum atomic E-state index is 0.605. The van der Waals surface area contributed by atoms with Crippen LogP contribution >= 0.6 is 0 Å². The van der Waals surface area contributed by atoms with Crippen molar-refractivity contribution >= 4 is 0 Å². The molecule has 1 heteroatoms. The second kappa shape index (κ2) is 5.83. The zero-order valence-corrected chi connectivity index (χ0v) is 11.2. The van der Waals surface area contributed by atoms with Crippen molar-refractivity contribution < 1.29 is 0 Å². The van der Waals surface area contributed by atoms with Gasteiger partial charge in [0.15, 0.2) is 0 Å². The van der Waals surface area contributed by atoms with Gasteiger partial charge in [0.1, 0.15) is 0 Å². The Balaban J connectivity index is 2.17. The summed E-state index contributed by atoms with van der Waals surface area (Å²) in [5.41, 5.74) is 10.7. The van der Waals surface area contributed by atoms with Crippen LogP contribution in [0, 0.1) is 5.92 Å². The minimum absolute atomic E-state index is 0.605. The summed E-state index contributed by atoms with van der Waals surface area (Å²) in [6.45, 7) is 5.10. The van der Waals surface area contributed by atoms with Crippen LogP contribution in [-0.4, -0.2) is 0 Å². The van der Waals surface area contributed by atoms with E-state index >= 15 is 0 Å². The summed E-state index contributed by atoms with van der Waals surface area (Å²) in [7, 11) is 0. The zero-order valence-electron chi connectivity index (χ0n) is 11.2. The van der Waals surface area contributed by atoms with Crippen LogP contribution in [0.3, 0.4) is 0 Å². The van der Waals surface area contributed by atoms with E-state index in [-0.39, 0.29) is 0 Å². The average molecular weight is 239 g/mol. The van der Waals surface area contributed by atoms with Gasteiger partial charge in [-0.25, -0.2) is 0 Å². The molecular weight excluding hydrogens is 218 g/mol. The highest BCUT2D eigenvalue weighted by molar-refractivity contribution is 5.63. The van der Waals surface area contributed by atoms with Crippen molar-refractivity contribution in [2.24, 2.45) is 11.7 Å². The first-order valence-corrected chi connectivity index (χ1v) is 6.57. The van der Waals surface area contributed by atoms with Crippen LogP contribution in [0.15, 0.2) is 48.5 Å². The maximum absolute atomic E-state index is 5.60. The maximum Gasteiger partial charge on any atom is 0.0178 e. The topological polar surface area (TPSA) is 26.0 Å². The van der Waals surface area contributed by atoms with Crippen molar-refractivity contribution in [1.29, 1.82) is 0 Å². The van der Waals surface area contributed by atoms with E-state index < -0.39 is 0 Å². The molecule has 0 atom stereocenters. The van der Waals surface area contributed by atoms with Gasteiger partial charge in [-0.15, -0.1) is 0 Å². The molecule has 94 valence electrons. The largest absolute Gasteiger partial charge is 0.326 e. The van der Waals surface area contributed by atoms with Gasteiger partial charge in [0.2, 0.25) is 0 Å². The molecular formula is C17H21N. The summed E-state index contributed by atoms with van der Waals surface area (Å²) in [4.78, 5) is 0. The monoisotopic (exact) mass is 239 g/mol. The van der Waals surface area contributed by atoms with Crippen molar-refractivity contribution in [3.63, 3.8) is 0 Å². The molecule has 2 rings (SSSR count). The summed E-state index contributed by atoms with van der Waals surface area (Å²) in [5.74, 6) is 0.708. The summed E-state index contributed by atoms with van der Waals surface area (Å²) in [6, 6.07) is 17.3. The third-order valence-corrected chi connectivity index (χ3v) is 3.12. The molecule has 0 radical (unpaired) electrons. The lowest BCUT2D eigenvalue weighted by Crippen LogP contribution is -1.95. The van der Waals surface area contributed by atoms with E-state index in [4.69, 9.17) is 5.73 Å². The smallest absolute Gasteiger partial charge is 0.0178 e. The predicted octanol–water partition coefficient (Wildman–Crippen LogP) is 4.01. The molecule has 0 saturated heterocycles. The minimum Gasteiger partial charge on any atom is -0.326 e. The molecule has 0 amide bonds. The van der Waals surface area contributed by atoms with Crippen LogP contribution in [0.1, 0.15) is 25.0 Å². The van der Waals surface area contributed by atoms with Crippen molar-refractivity contribution in [3.05, 3.63) is 59.7 Å². The number of nitrogens with two attached hydrogens (primary N) is 1. The number of hydrogen-bond acceptors (Lipinski definition) is 1. The Labute approximate surface area is 110 Å². The highest BCUT2D eigenvalue weighted by Crippen LogP contribution is 2.21. The van der Waals surface area contributed by atoms with Crippen molar-refractivity contribution in [2.45, 2.75) is 26.8 Å². The van der Waals surface area contributed by atoms with E-state index in [1.54, 1.807) is 0 Å². The lowest BCUT2D eigenvalue weighted by Gasteiger charge is -2.07. The molecule has 0 saturated carbocycles. The first-order chi connectivity index (χ1) is 8.69. The Morgan fingerprint density at radius 1 is 0.778 bits per heavy atom. The maximum atomic E-state index is 5.60. The Hall–Kier alpha value is -1.60. The van der Waals surface area contributed by atoms with Crippen molar-refractivity contribution in [2.75, 3.05) is 0 Å². The summed E-state index contributed by atoms with van der Waals surface area (Å²) >= 11 is 0. The molecule has 1 nitrogen and oxygen atoms in total. The molecule has 0 spiro atoms. The molecule has 0 unspecified atom stereocenters. The fourth-order valence-electron chi connectivity index (χ4n) is 2.14. The third-order valence-electron chi connectivity index (χ3n) is 3.12. The van der Waals surface area contributed by atoms with E-state index in [1.165, 1.54) is 22.3 Å². The van der Waals surface area contributed by atoms with Gasteiger partial charge < -0.3 is 5.73 Å². The van der Waals surface area contributed by atoms with Crippen LogP contribution < -0.4 is 5.73 Å². The van der Waals surface area contributed by atoms with Crippen molar-refractivity contribution in [3.8, 4) is 11.1 Å². The van der Waals surface area contributed by atoms with E-state index in [1.807, 2.05) is 0 Å². The SMILES string of the molecule is CC(C)Cc1ccc(-c2ccc(CN)cc2)cc1. The van der Waals surface area contributed by atoms with E-state index in [0.717, 1.165) is 6.42 Å². The molecule has 0 aliphatic heterocycles. The first-order valence-electron chi connectivity index (χ1n) is 6.57. The van der Waals surface area contributed by atoms with Crippen LogP contribution in [0.4, 0.5) is 0 Å². The second-order valence-corrected chi connectivity index (χ2v) is 5.20. The van der Waals surface area contributed by atoms with Crippen LogP contribution in [0.25, 0.3) is 11.1 Å². The highest BCUT2D eigenvalue weighted by atomic mass is 14.5. The molecule has 2 N–H and O–H groups in total. The van der Waals surface area contributed by atoms with Crippen LogP contribution in [-0.2, 0) is 13.0 Å². The Morgan fingerprint density at radius 2 is 1.22 bits per heavy atom. The summed E-state index contributed by atoms with van der Waals surface area (Å²) < 4.78 is 0. The number of rotatable bonds is 4. The van der Waals surface area contributed by atoms with Crippen molar-refractivity contribution in [1.82, 2.24) is 0 Å². The van der Waals surface area contributed by atoms with Gasteiger partial charge in [0.05, 0.1) is 0 Å². The standard InChI is InChI=1S/C17H21N/c1-13(2)11-14-3-7-16(8-4-14)17-9-5-15(12-18)6-10-17/h3-10,13H,11-12,18H2,1-2H3. The molecule has 0 aliphatic carbocycles. The third kappa shape index (κ3) is 3.21. The van der Waals surface area contributed by atoms with Gasteiger partial charge in [-0.05, 0) is 34.6 Å². The zero-order chi connectivity index (χ0) is 13.0. The lowest BCUT2D eigenvalue weighted by molar-refractivity contribution is 0.647. The molecule has 0 aromatic heterocycles. The van der Waals surface area contributed by atoms with Crippen LogP contribution in [0.5, 0.6) is 0 Å². The fraction of sp³-hybridized carbons (Fsp3) is 0.294. The second-order valence-electron chi connectivity index (χ2n) is 5.20. The van der Waals surface area contributed by atoms with Gasteiger partial charge in [0, 0.05) is 6.54 Å². The average Bonchev–Trinajstić information content (AvgIpc) is 2.39. The first kappa shape index (κ1) is 12.8.